The Morgan fingerprint density at radius 3 is 2.69 bits per heavy atom. The minimum absolute atomic E-state index is 0.0168. The Labute approximate surface area is 104 Å². The van der Waals surface area contributed by atoms with Gasteiger partial charge in [-0.05, 0) is 36.6 Å². The predicted octanol–water partition coefficient (Wildman–Crippen LogP) is 2.48. The molecule has 0 saturated carbocycles. The zero-order valence-corrected chi connectivity index (χ0v) is 10.9. The molecule has 90 valence electrons. The molecule has 0 spiro atoms. The van der Waals surface area contributed by atoms with Gasteiger partial charge in [-0.1, -0.05) is 22.9 Å². The Morgan fingerprint density at radius 1 is 1.50 bits per heavy atom. The van der Waals surface area contributed by atoms with Gasteiger partial charge < -0.3 is 10.8 Å². The average Bonchev–Trinajstić information content (AvgIpc) is 2.31. The van der Waals surface area contributed by atoms with Gasteiger partial charge in [0.05, 0.1) is 6.61 Å². The molecule has 1 rings (SSSR count). The van der Waals surface area contributed by atoms with Gasteiger partial charge in [-0.15, -0.1) is 0 Å². The molecule has 0 amide bonds. The molecule has 0 heterocycles. The summed E-state index contributed by atoms with van der Waals surface area (Å²) >= 11 is 3.38. The summed E-state index contributed by atoms with van der Waals surface area (Å²) in [5, 5.41) is 9.41. The van der Waals surface area contributed by atoms with E-state index >= 15 is 0 Å². The van der Waals surface area contributed by atoms with Gasteiger partial charge in [-0.25, -0.2) is 4.39 Å². The summed E-state index contributed by atoms with van der Waals surface area (Å²) in [5.74, 6) is -0.266. The summed E-state index contributed by atoms with van der Waals surface area (Å²) in [6, 6.07) is 4.57. The van der Waals surface area contributed by atoms with E-state index in [2.05, 4.69) is 15.9 Å². The summed E-state index contributed by atoms with van der Waals surface area (Å²) in [7, 11) is 0. The molecule has 0 aromatic heterocycles. The second-order valence-corrected chi connectivity index (χ2v) is 4.98. The van der Waals surface area contributed by atoms with Crippen molar-refractivity contribution in [2.45, 2.75) is 19.8 Å². The van der Waals surface area contributed by atoms with Crippen LogP contribution in [0.3, 0.4) is 0 Å². The maximum absolute atomic E-state index is 13.1. The van der Waals surface area contributed by atoms with Gasteiger partial charge in [0.15, 0.2) is 0 Å². The van der Waals surface area contributed by atoms with Crippen molar-refractivity contribution in [2.24, 2.45) is 11.1 Å². The standard InChI is InChI=1S/C12H17BrFNO/c1-2-12(7-15,8-16)6-9-5-10(14)3-4-11(9)13/h3-5,16H,2,6-8,15H2,1H3. The number of aliphatic hydroxyl groups is 1. The Bertz CT molecular complexity index is 345. The van der Waals surface area contributed by atoms with E-state index < -0.39 is 0 Å². The first-order valence-corrected chi connectivity index (χ1v) is 6.11. The van der Waals surface area contributed by atoms with Crippen LogP contribution in [-0.4, -0.2) is 18.3 Å². The van der Waals surface area contributed by atoms with Crippen LogP contribution in [0.4, 0.5) is 4.39 Å². The number of nitrogens with two attached hydrogens (primary N) is 1. The molecule has 0 aliphatic heterocycles. The van der Waals surface area contributed by atoms with Crippen molar-refractivity contribution in [2.75, 3.05) is 13.2 Å². The third-order valence-electron chi connectivity index (χ3n) is 3.09. The summed E-state index contributed by atoms with van der Waals surface area (Å²) in [5.41, 5.74) is 6.19. The molecule has 1 unspecified atom stereocenters. The van der Waals surface area contributed by atoms with Crippen molar-refractivity contribution in [1.82, 2.24) is 0 Å². The highest BCUT2D eigenvalue weighted by Crippen LogP contribution is 2.29. The number of benzene rings is 1. The van der Waals surface area contributed by atoms with E-state index in [1.807, 2.05) is 6.92 Å². The molecule has 0 saturated heterocycles. The quantitative estimate of drug-likeness (QED) is 0.875. The van der Waals surface area contributed by atoms with Crippen LogP contribution in [-0.2, 0) is 6.42 Å². The lowest BCUT2D eigenvalue weighted by Crippen LogP contribution is -2.36. The zero-order valence-electron chi connectivity index (χ0n) is 9.34. The molecule has 0 aliphatic rings. The molecule has 16 heavy (non-hydrogen) atoms. The smallest absolute Gasteiger partial charge is 0.123 e. The van der Waals surface area contributed by atoms with E-state index in [-0.39, 0.29) is 17.8 Å². The van der Waals surface area contributed by atoms with Gasteiger partial charge >= 0.3 is 0 Å². The highest BCUT2D eigenvalue weighted by Gasteiger charge is 2.27. The predicted molar refractivity (Wildman–Crippen MR) is 66.7 cm³/mol. The van der Waals surface area contributed by atoms with Crippen LogP contribution < -0.4 is 5.73 Å². The molecule has 0 radical (unpaired) electrons. The number of rotatable bonds is 5. The van der Waals surface area contributed by atoms with Crippen molar-refractivity contribution in [3.8, 4) is 0 Å². The van der Waals surface area contributed by atoms with Gasteiger partial charge in [0.2, 0.25) is 0 Å². The van der Waals surface area contributed by atoms with E-state index in [1.54, 1.807) is 6.07 Å². The van der Waals surface area contributed by atoms with E-state index in [4.69, 9.17) is 5.73 Å². The number of hydrogen-bond donors (Lipinski definition) is 2. The van der Waals surface area contributed by atoms with E-state index in [9.17, 15) is 9.50 Å². The molecular weight excluding hydrogens is 273 g/mol. The van der Waals surface area contributed by atoms with Gasteiger partial charge in [-0.3, -0.25) is 0 Å². The lowest BCUT2D eigenvalue weighted by atomic mass is 9.80. The van der Waals surface area contributed by atoms with Crippen LogP contribution in [0.15, 0.2) is 22.7 Å². The third kappa shape index (κ3) is 3.03. The Balaban J connectivity index is 2.97. The molecule has 0 aliphatic carbocycles. The van der Waals surface area contributed by atoms with Crippen LogP contribution in [0.1, 0.15) is 18.9 Å². The summed E-state index contributed by atoms with van der Waals surface area (Å²) in [6.45, 7) is 2.39. The van der Waals surface area contributed by atoms with Crippen molar-refractivity contribution in [1.29, 1.82) is 0 Å². The SMILES string of the molecule is CCC(CN)(CO)Cc1cc(F)ccc1Br. The van der Waals surface area contributed by atoms with Crippen molar-refractivity contribution >= 4 is 15.9 Å². The highest BCUT2D eigenvalue weighted by molar-refractivity contribution is 9.10. The molecule has 1 aromatic carbocycles. The lowest BCUT2D eigenvalue weighted by Gasteiger charge is -2.29. The molecular formula is C12H17BrFNO. The van der Waals surface area contributed by atoms with Crippen molar-refractivity contribution < 1.29 is 9.50 Å². The minimum Gasteiger partial charge on any atom is -0.396 e. The normalized spacial score (nSPS) is 14.8. The second-order valence-electron chi connectivity index (χ2n) is 4.13. The van der Waals surface area contributed by atoms with Crippen LogP contribution in [0.25, 0.3) is 0 Å². The Kier molecular flexibility index (Phi) is 4.89. The molecule has 0 fully saturated rings. The van der Waals surface area contributed by atoms with E-state index in [0.717, 1.165) is 16.5 Å². The summed E-state index contributed by atoms with van der Waals surface area (Å²) in [6.07, 6.45) is 1.35. The monoisotopic (exact) mass is 289 g/mol. The summed E-state index contributed by atoms with van der Waals surface area (Å²) < 4.78 is 14.0. The molecule has 2 nitrogen and oxygen atoms in total. The molecule has 1 atom stereocenters. The first kappa shape index (κ1) is 13.6. The highest BCUT2D eigenvalue weighted by atomic mass is 79.9. The van der Waals surface area contributed by atoms with Crippen LogP contribution in [0.5, 0.6) is 0 Å². The van der Waals surface area contributed by atoms with Gasteiger partial charge in [-0.2, -0.15) is 0 Å². The fourth-order valence-corrected chi connectivity index (χ4v) is 2.04. The zero-order chi connectivity index (χ0) is 12.2. The topological polar surface area (TPSA) is 46.2 Å². The minimum atomic E-state index is -0.351. The van der Waals surface area contributed by atoms with Gasteiger partial charge in [0, 0.05) is 16.4 Å². The first-order valence-electron chi connectivity index (χ1n) is 5.32. The van der Waals surface area contributed by atoms with Crippen LogP contribution in [0, 0.1) is 11.2 Å². The van der Waals surface area contributed by atoms with Crippen LogP contribution in [0.2, 0.25) is 0 Å². The molecule has 0 bridgehead atoms. The molecule has 3 N–H and O–H groups in total. The first-order chi connectivity index (χ1) is 7.56. The van der Waals surface area contributed by atoms with Gasteiger partial charge in [0.1, 0.15) is 5.82 Å². The molecule has 1 aromatic rings. The van der Waals surface area contributed by atoms with Crippen LogP contribution >= 0.6 is 15.9 Å². The Morgan fingerprint density at radius 2 is 2.19 bits per heavy atom. The number of hydrogen-bond acceptors (Lipinski definition) is 2. The van der Waals surface area contributed by atoms with E-state index in [1.165, 1.54) is 12.1 Å². The molecule has 4 heteroatoms. The fraction of sp³-hybridized carbons (Fsp3) is 0.500. The maximum atomic E-state index is 13.1. The van der Waals surface area contributed by atoms with Gasteiger partial charge in [0.25, 0.3) is 0 Å². The third-order valence-corrected chi connectivity index (χ3v) is 3.87. The number of halogens is 2. The number of aliphatic hydroxyl groups excluding tert-OH is 1. The largest absolute Gasteiger partial charge is 0.396 e. The Hall–Kier alpha value is -0.450. The maximum Gasteiger partial charge on any atom is 0.123 e. The van der Waals surface area contributed by atoms with Crippen molar-refractivity contribution in [3.63, 3.8) is 0 Å². The summed E-state index contributed by atoms with van der Waals surface area (Å²) in [4.78, 5) is 0. The van der Waals surface area contributed by atoms with E-state index in [0.29, 0.717) is 13.0 Å². The lowest BCUT2D eigenvalue weighted by molar-refractivity contribution is 0.127. The fourth-order valence-electron chi connectivity index (χ4n) is 1.66. The van der Waals surface area contributed by atoms with Crippen molar-refractivity contribution in [3.05, 3.63) is 34.1 Å². The average molecular weight is 290 g/mol. The second kappa shape index (κ2) is 5.75.